The van der Waals surface area contributed by atoms with Gasteiger partial charge in [-0.1, -0.05) is 166 Å². The number of esters is 2. The number of hydrogen-bond donors (Lipinski definition) is 2. The fraction of sp³-hybridized carbons (Fsp3) is 0.800. The number of carbonyl (C=O) groups is 2. The number of phosphoric ester groups is 1. The van der Waals surface area contributed by atoms with Gasteiger partial charge in [0.2, 0.25) is 0 Å². The smallest absolute Gasteiger partial charge is 0.462 e. The summed E-state index contributed by atoms with van der Waals surface area (Å²) >= 11 is 0. The van der Waals surface area contributed by atoms with Gasteiger partial charge in [0.15, 0.2) is 6.10 Å². The molecule has 0 aliphatic carbocycles. The predicted molar refractivity (Wildman–Crippen MR) is 202 cm³/mol. The first-order chi connectivity index (χ1) is 23.8. The SMILES string of the molecule is CC/C=C/C/C=C\C/C=C\CCCCCCCC(=O)OC[C@H](COP(=O)(O)O)OC(=O)CCCCCCCCCCCCCCCCCC. The Morgan fingerprint density at radius 1 is 0.551 bits per heavy atom. The largest absolute Gasteiger partial charge is 0.469 e. The van der Waals surface area contributed by atoms with Crippen molar-refractivity contribution in [1.82, 2.24) is 0 Å². The molecule has 0 bridgehead atoms. The normalized spacial score (nSPS) is 12.8. The maximum atomic E-state index is 12.4. The Kier molecular flexibility index (Phi) is 34.8. The average Bonchev–Trinajstić information content (AvgIpc) is 3.07. The maximum Gasteiger partial charge on any atom is 0.469 e. The minimum absolute atomic E-state index is 0.211. The predicted octanol–water partition coefficient (Wildman–Crippen LogP) is 11.8. The number of allylic oxidation sites excluding steroid dienone is 6. The summed E-state index contributed by atoms with van der Waals surface area (Å²) in [5, 5.41) is 0. The van der Waals surface area contributed by atoms with Crippen LogP contribution in [0.3, 0.4) is 0 Å². The lowest BCUT2D eigenvalue weighted by Crippen LogP contribution is -2.29. The van der Waals surface area contributed by atoms with Crippen LogP contribution in [0.5, 0.6) is 0 Å². The fourth-order valence-corrected chi connectivity index (χ4v) is 5.87. The van der Waals surface area contributed by atoms with Crippen molar-refractivity contribution in [2.24, 2.45) is 0 Å². The highest BCUT2D eigenvalue weighted by Gasteiger charge is 2.22. The molecule has 0 unspecified atom stereocenters. The second-order valence-electron chi connectivity index (χ2n) is 13.2. The van der Waals surface area contributed by atoms with Crippen LogP contribution in [-0.2, 0) is 28.2 Å². The Hall–Kier alpha value is -1.73. The van der Waals surface area contributed by atoms with E-state index in [2.05, 4.69) is 54.8 Å². The molecule has 0 saturated carbocycles. The summed E-state index contributed by atoms with van der Waals surface area (Å²) in [5.41, 5.74) is 0. The summed E-state index contributed by atoms with van der Waals surface area (Å²) in [6, 6.07) is 0. The molecule has 0 amide bonds. The molecule has 0 rings (SSSR count). The van der Waals surface area contributed by atoms with Gasteiger partial charge in [-0.3, -0.25) is 14.1 Å². The molecule has 1 atom stereocenters. The molecule has 0 aromatic carbocycles. The molecule has 0 aliphatic rings. The third kappa shape index (κ3) is 38.9. The van der Waals surface area contributed by atoms with Gasteiger partial charge in [-0.2, -0.15) is 0 Å². The molecule has 0 radical (unpaired) electrons. The molecule has 8 nitrogen and oxygen atoms in total. The van der Waals surface area contributed by atoms with Crippen LogP contribution >= 0.6 is 7.82 Å². The molecule has 2 N–H and O–H groups in total. The van der Waals surface area contributed by atoms with Crippen LogP contribution in [0.15, 0.2) is 36.5 Å². The molecule has 0 fully saturated rings. The zero-order chi connectivity index (χ0) is 36.1. The number of hydrogen-bond acceptors (Lipinski definition) is 6. The molecule has 49 heavy (non-hydrogen) atoms. The van der Waals surface area contributed by atoms with E-state index in [-0.39, 0.29) is 19.4 Å². The number of phosphoric acid groups is 1. The molecule has 286 valence electrons. The summed E-state index contributed by atoms with van der Waals surface area (Å²) in [4.78, 5) is 42.8. The maximum absolute atomic E-state index is 12.4. The summed E-state index contributed by atoms with van der Waals surface area (Å²) in [5.74, 6) is -0.900. The van der Waals surface area contributed by atoms with Crippen molar-refractivity contribution in [3.63, 3.8) is 0 Å². The van der Waals surface area contributed by atoms with Crippen LogP contribution in [0.4, 0.5) is 0 Å². The summed E-state index contributed by atoms with van der Waals surface area (Å²) in [6.07, 6.45) is 41.5. The van der Waals surface area contributed by atoms with Crippen LogP contribution < -0.4 is 0 Å². The van der Waals surface area contributed by atoms with E-state index in [0.717, 1.165) is 70.6 Å². The molecule has 0 spiro atoms. The standard InChI is InChI=1S/C40H73O8P/c1-3-5-7-9-11-13-15-17-19-21-23-25-27-29-31-33-35-40(42)48-38(37-47-49(43,44)45)36-46-39(41)34-32-30-28-26-24-22-20-18-16-14-12-10-8-6-4-2/h6,8,12,14,18,20,38H,3-5,7,9-11,13,15-17,19,21-37H2,1-2H3,(H2,43,44,45)/b8-6+,14-12-,20-18-/t38-/m1/s1. The minimum Gasteiger partial charge on any atom is -0.462 e. The molecule has 0 aliphatic heterocycles. The van der Waals surface area contributed by atoms with Crippen molar-refractivity contribution in [2.45, 2.75) is 193 Å². The van der Waals surface area contributed by atoms with Gasteiger partial charge < -0.3 is 19.3 Å². The summed E-state index contributed by atoms with van der Waals surface area (Å²) in [7, 11) is -4.75. The van der Waals surface area contributed by atoms with E-state index < -0.39 is 32.5 Å². The summed E-state index contributed by atoms with van der Waals surface area (Å²) in [6.45, 7) is 3.56. The highest BCUT2D eigenvalue weighted by Crippen LogP contribution is 2.36. The van der Waals surface area contributed by atoms with E-state index in [1.165, 1.54) is 77.0 Å². The lowest BCUT2D eigenvalue weighted by atomic mass is 10.0. The Labute approximate surface area is 300 Å². The van der Waals surface area contributed by atoms with Crippen LogP contribution in [0.2, 0.25) is 0 Å². The summed E-state index contributed by atoms with van der Waals surface area (Å²) < 4.78 is 26.3. The van der Waals surface area contributed by atoms with Crippen molar-refractivity contribution >= 4 is 19.8 Å². The number of unbranched alkanes of at least 4 members (excludes halogenated alkanes) is 20. The zero-order valence-corrected chi connectivity index (χ0v) is 32.2. The quantitative estimate of drug-likeness (QED) is 0.0285. The fourth-order valence-electron chi connectivity index (χ4n) is 5.51. The van der Waals surface area contributed by atoms with E-state index in [1.54, 1.807) is 0 Å². The molecule has 0 saturated heterocycles. The van der Waals surface area contributed by atoms with Crippen molar-refractivity contribution in [1.29, 1.82) is 0 Å². The monoisotopic (exact) mass is 713 g/mol. The first-order valence-electron chi connectivity index (χ1n) is 19.8. The molecule has 0 aromatic rings. The lowest BCUT2D eigenvalue weighted by Gasteiger charge is -2.18. The first-order valence-corrected chi connectivity index (χ1v) is 21.3. The van der Waals surface area contributed by atoms with E-state index in [0.29, 0.717) is 12.8 Å². The second-order valence-corrected chi connectivity index (χ2v) is 14.5. The van der Waals surface area contributed by atoms with Crippen LogP contribution in [0.1, 0.15) is 187 Å². The molecular weight excluding hydrogens is 639 g/mol. The number of carbonyl (C=O) groups excluding carboxylic acids is 2. The van der Waals surface area contributed by atoms with Crippen molar-refractivity contribution in [2.75, 3.05) is 13.2 Å². The second kappa shape index (κ2) is 36.1. The Balaban J connectivity index is 3.95. The molecular formula is C40H73O8P. The third-order valence-corrected chi connectivity index (χ3v) is 8.91. The van der Waals surface area contributed by atoms with E-state index >= 15 is 0 Å². The Bertz CT molecular complexity index is 895. The average molecular weight is 713 g/mol. The van der Waals surface area contributed by atoms with Gasteiger partial charge in [-0.15, -0.1) is 0 Å². The van der Waals surface area contributed by atoms with Crippen molar-refractivity contribution < 1.29 is 37.9 Å². The van der Waals surface area contributed by atoms with Gasteiger partial charge in [0, 0.05) is 12.8 Å². The van der Waals surface area contributed by atoms with Gasteiger partial charge in [0.05, 0.1) is 6.61 Å². The lowest BCUT2D eigenvalue weighted by molar-refractivity contribution is -0.161. The van der Waals surface area contributed by atoms with Gasteiger partial charge in [-0.25, -0.2) is 4.57 Å². The number of ether oxygens (including phenoxy) is 2. The van der Waals surface area contributed by atoms with Crippen molar-refractivity contribution in [3.8, 4) is 0 Å². The highest BCUT2D eigenvalue weighted by atomic mass is 31.2. The van der Waals surface area contributed by atoms with Crippen LogP contribution in [0, 0.1) is 0 Å². The van der Waals surface area contributed by atoms with Gasteiger partial charge >= 0.3 is 19.8 Å². The van der Waals surface area contributed by atoms with Gasteiger partial charge in [0.1, 0.15) is 6.61 Å². The zero-order valence-electron chi connectivity index (χ0n) is 31.3. The van der Waals surface area contributed by atoms with Gasteiger partial charge in [0.25, 0.3) is 0 Å². The van der Waals surface area contributed by atoms with E-state index in [1.807, 2.05) is 0 Å². The molecule has 0 aromatic heterocycles. The van der Waals surface area contributed by atoms with E-state index in [9.17, 15) is 14.2 Å². The molecule has 0 heterocycles. The Morgan fingerprint density at radius 3 is 1.47 bits per heavy atom. The van der Waals surface area contributed by atoms with Crippen LogP contribution in [-0.4, -0.2) is 41.0 Å². The number of rotatable bonds is 36. The first kappa shape index (κ1) is 47.3. The van der Waals surface area contributed by atoms with Gasteiger partial charge in [-0.05, 0) is 44.9 Å². The minimum atomic E-state index is -4.75. The van der Waals surface area contributed by atoms with E-state index in [4.69, 9.17) is 19.3 Å². The third-order valence-electron chi connectivity index (χ3n) is 8.42. The Morgan fingerprint density at radius 2 is 0.980 bits per heavy atom. The van der Waals surface area contributed by atoms with Crippen molar-refractivity contribution in [3.05, 3.63) is 36.5 Å². The topological polar surface area (TPSA) is 119 Å². The molecule has 9 heteroatoms. The highest BCUT2D eigenvalue weighted by molar-refractivity contribution is 7.46. The van der Waals surface area contributed by atoms with Crippen LogP contribution in [0.25, 0.3) is 0 Å².